The number of carbonyl (C=O) groups is 1. The van der Waals surface area contributed by atoms with Gasteiger partial charge >= 0.3 is 0 Å². The zero-order valence-corrected chi connectivity index (χ0v) is 20.2. The largest absolute Gasteiger partial charge is 0.347 e. The first-order valence-corrected chi connectivity index (χ1v) is 12.1. The molecule has 3 rings (SSSR count). The second-order valence-corrected chi connectivity index (χ2v) is 8.77. The predicted molar refractivity (Wildman–Crippen MR) is 131 cm³/mol. The van der Waals surface area contributed by atoms with Gasteiger partial charge in [-0.3, -0.25) is 4.79 Å². The summed E-state index contributed by atoms with van der Waals surface area (Å²) >= 11 is 0. The third kappa shape index (κ3) is 9.29. The van der Waals surface area contributed by atoms with E-state index in [1.807, 2.05) is 0 Å². The van der Waals surface area contributed by atoms with E-state index in [1.54, 1.807) is 0 Å². The summed E-state index contributed by atoms with van der Waals surface area (Å²) in [5.41, 5.74) is 2.30. The fourth-order valence-corrected chi connectivity index (χ4v) is 4.12. The van der Waals surface area contributed by atoms with Gasteiger partial charge in [0.15, 0.2) is 0 Å². The molecule has 6 nitrogen and oxygen atoms in total. The summed E-state index contributed by atoms with van der Waals surface area (Å²) in [4.78, 5) is 16.5. The number of nitrogens with zero attached hydrogens (tertiary/aromatic N) is 2. The molecule has 0 bridgehead atoms. The number of halogens is 1. The molecule has 2 heterocycles. The van der Waals surface area contributed by atoms with Crippen LogP contribution in [0.2, 0.25) is 0 Å². The van der Waals surface area contributed by atoms with Crippen molar-refractivity contribution in [3.63, 3.8) is 0 Å². The summed E-state index contributed by atoms with van der Waals surface area (Å²) < 4.78 is 5.31. The van der Waals surface area contributed by atoms with Crippen LogP contribution in [-0.2, 0) is 17.8 Å². The maximum Gasteiger partial charge on any atom is 0.246 e. The Hall–Kier alpha value is -1.92. The van der Waals surface area contributed by atoms with Crippen molar-refractivity contribution >= 4 is 18.3 Å². The zero-order chi connectivity index (χ0) is 21.7. The van der Waals surface area contributed by atoms with Crippen molar-refractivity contribution in [3.05, 3.63) is 35.7 Å². The molecule has 0 radical (unpaired) electrons. The average Bonchev–Trinajstić information content (AvgIpc) is 3.47. The number of aromatic nitrogens is 2. The van der Waals surface area contributed by atoms with Crippen LogP contribution < -0.4 is 10.6 Å². The minimum Gasteiger partial charge on any atom is -0.347 e. The monoisotopic (exact) mass is 462 g/mol. The Balaban J connectivity index is 0.00000363. The van der Waals surface area contributed by atoms with Crippen LogP contribution in [0.25, 0.3) is 11.4 Å². The predicted octanol–water partition coefficient (Wildman–Crippen LogP) is 5.46. The van der Waals surface area contributed by atoms with Crippen molar-refractivity contribution in [3.8, 4) is 11.4 Å². The van der Waals surface area contributed by atoms with Crippen LogP contribution in [-0.4, -0.2) is 29.1 Å². The van der Waals surface area contributed by atoms with Gasteiger partial charge in [-0.1, -0.05) is 81.3 Å². The van der Waals surface area contributed by atoms with Gasteiger partial charge in [0.1, 0.15) is 0 Å². The molecular weight excluding hydrogens is 424 g/mol. The molecule has 2 N–H and O–H groups in total. The van der Waals surface area contributed by atoms with E-state index >= 15 is 0 Å². The summed E-state index contributed by atoms with van der Waals surface area (Å²) in [7, 11) is 0. The van der Waals surface area contributed by atoms with E-state index in [0.29, 0.717) is 24.1 Å². The van der Waals surface area contributed by atoms with Crippen LogP contribution >= 0.6 is 12.4 Å². The Bertz CT molecular complexity index is 773. The van der Waals surface area contributed by atoms with Crippen molar-refractivity contribution in [2.75, 3.05) is 13.1 Å². The van der Waals surface area contributed by atoms with Gasteiger partial charge in [-0.25, -0.2) is 0 Å². The second kappa shape index (κ2) is 15.0. The minimum atomic E-state index is 0. The molecule has 1 fully saturated rings. The van der Waals surface area contributed by atoms with Crippen molar-refractivity contribution in [1.29, 1.82) is 0 Å². The highest BCUT2D eigenvalue weighted by Gasteiger charge is 2.18. The van der Waals surface area contributed by atoms with Crippen LogP contribution in [0.15, 0.2) is 28.8 Å². The van der Waals surface area contributed by atoms with Crippen LogP contribution in [0, 0.1) is 5.92 Å². The molecule has 0 aliphatic carbocycles. The highest BCUT2D eigenvalue weighted by atomic mass is 35.5. The van der Waals surface area contributed by atoms with Crippen molar-refractivity contribution < 1.29 is 9.32 Å². The molecule has 32 heavy (non-hydrogen) atoms. The van der Waals surface area contributed by atoms with E-state index in [-0.39, 0.29) is 24.9 Å². The molecule has 1 unspecified atom stereocenters. The molecular formula is C25H39ClN4O2. The lowest BCUT2D eigenvalue weighted by Crippen LogP contribution is -2.26. The van der Waals surface area contributed by atoms with E-state index in [2.05, 4.69) is 52.0 Å². The quantitative estimate of drug-likeness (QED) is 0.364. The fraction of sp³-hybridized carbons (Fsp3) is 0.640. The summed E-state index contributed by atoms with van der Waals surface area (Å²) in [6.07, 6.45) is 13.5. The molecule has 1 atom stereocenters. The van der Waals surface area contributed by atoms with Crippen molar-refractivity contribution in [1.82, 2.24) is 20.8 Å². The highest BCUT2D eigenvalue weighted by Crippen LogP contribution is 2.18. The third-order valence-electron chi connectivity index (χ3n) is 6.07. The van der Waals surface area contributed by atoms with Gasteiger partial charge in [-0.2, -0.15) is 4.98 Å². The molecule has 178 valence electrons. The summed E-state index contributed by atoms with van der Waals surface area (Å²) in [6, 6.07) is 8.43. The number of hydrogen-bond acceptors (Lipinski definition) is 5. The van der Waals surface area contributed by atoms with E-state index in [0.717, 1.165) is 31.5 Å². The molecule has 1 aromatic carbocycles. The standard InChI is InChI=1S/C25H38N4O2.ClH/c1-2-3-4-5-6-7-8-9-10-20-11-13-22(14-12-20)25-28-24(31-29-25)19-27-23(30)17-21-15-16-26-18-21;/h11-14,21,26H,2-10,15-19H2,1H3,(H,27,30);1H. The Labute approximate surface area is 198 Å². The molecule has 1 saturated heterocycles. The molecule has 1 aromatic heterocycles. The lowest BCUT2D eigenvalue weighted by Gasteiger charge is -2.07. The van der Waals surface area contributed by atoms with E-state index in [1.165, 1.54) is 56.9 Å². The van der Waals surface area contributed by atoms with Gasteiger partial charge in [0.05, 0.1) is 6.54 Å². The number of hydrogen-bond donors (Lipinski definition) is 2. The average molecular weight is 463 g/mol. The Morgan fingerprint density at radius 2 is 1.81 bits per heavy atom. The maximum absolute atomic E-state index is 12.0. The fourth-order valence-electron chi connectivity index (χ4n) is 4.12. The van der Waals surface area contributed by atoms with E-state index in [9.17, 15) is 4.79 Å². The lowest BCUT2D eigenvalue weighted by molar-refractivity contribution is -0.122. The molecule has 1 amide bonds. The van der Waals surface area contributed by atoms with Gasteiger partial charge in [-0.05, 0) is 43.8 Å². The summed E-state index contributed by atoms with van der Waals surface area (Å²) in [5.74, 6) is 1.49. The molecule has 7 heteroatoms. The van der Waals surface area contributed by atoms with Gasteiger partial charge in [-0.15, -0.1) is 12.4 Å². The number of aryl methyl sites for hydroxylation is 1. The third-order valence-corrected chi connectivity index (χ3v) is 6.07. The van der Waals surface area contributed by atoms with Gasteiger partial charge in [0.2, 0.25) is 17.6 Å². The van der Waals surface area contributed by atoms with Crippen molar-refractivity contribution in [2.45, 2.75) is 84.1 Å². The Morgan fingerprint density at radius 1 is 1.09 bits per heavy atom. The lowest BCUT2D eigenvalue weighted by atomic mass is 10.0. The number of carbonyl (C=O) groups excluding carboxylic acids is 1. The molecule has 1 aliphatic heterocycles. The Kier molecular flexibility index (Phi) is 12.4. The van der Waals surface area contributed by atoms with Crippen molar-refractivity contribution in [2.24, 2.45) is 5.92 Å². The van der Waals surface area contributed by atoms with Crippen LogP contribution in [0.1, 0.15) is 82.6 Å². The number of benzene rings is 1. The number of amides is 1. The van der Waals surface area contributed by atoms with Gasteiger partial charge in [0.25, 0.3) is 0 Å². The highest BCUT2D eigenvalue weighted by molar-refractivity contribution is 5.85. The van der Waals surface area contributed by atoms with Gasteiger partial charge in [0, 0.05) is 12.0 Å². The first-order chi connectivity index (χ1) is 15.2. The SMILES string of the molecule is CCCCCCCCCCc1ccc(-c2noc(CNC(=O)CC3CCNC3)n2)cc1.Cl. The zero-order valence-electron chi connectivity index (χ0n) is 19.4. The maximum atomic E-state index is 12.0. The van der Waals surface area contributed by atoms with E-state index in [4.69, 9.17) is 4.52 Å². The van der Waals surface area contributed by atoms with Crippen LogP contribution in [0.3, 0.4) is 0 Å². The molecule has 0 saturated carbocycles. The van der Waals surface area contributed by atoms with Gasteiger partial charge < -0.3 is 15.2 Å². The van der Waals surface area contributed by atoms with Crippen LogP contribution in [0.4, 0.5) is 0 Å². The first kappa shape index (κ1) is 26.3. The van der Waals surface area contributed by atoms with E-state index < -0.39 is 0 Å². The normalized spacial score (nSPS) is 15.5. The number of unbranched alkanes of at least 4 members (excludes halogenated alkanes) is 7. The number of rotatable bonds is 14. The summed E-state index contributed by atoms with van der Waals surface area (Å²) in [5, 5.41) is 10.2. The smallest absolute Gasteiger partial charge is 0.246 e. The summed E-state index contributed by atoms with van der Waals surface area (Å²) in [6.45, 7) is 4.47. The number of nitrogens with one attached hydrogen (secondary N) is 2. The molecule has 2 aromatic rings. The van der Waals surface area contributed by atoms with Crippen LogP contribution in [0.5, 0.6) is 0 Å². The minimum absolute atomic E-state index is 0. The Morgan fingerprint density at radius 3 is 2.50 bits per heavy atom. The topological polar surface area (TPSA) is 80.0 Å². The molecule has 1 aliphatic rings. The molecule has 0 spiro atoms. The first-order valence-electron chi connectivity index (χ1n) is 12.1. The second-order valence-electron chi connectivity index (χ2n) is 8.77.